The van der Waals surface area contributed by atoms with Crippen molar-refractivity contribution in [2.45, 2.75) is 20.8 Å². The minimum atomic E-state index is 0. The second kappa shape index (κ2) is 23.8. The summed E-state index contributed by atoms with van der Waals surface area (Å²) < 4.78 is 0. The standard InChI is InChI=1S/C23H22.3CH3.2W.3Y/c1-17-9-4-6-11-20(17)15-22-13-8-14-23(19(22)3)16-21-12-7-5-10-18(21)2;;;;;;;;/h4-16H,1-3H3;3*1H3;;;;;/q-2;3*-1;;;;;. The zero-order chi connectivity index (χ0) is 16.2. The van der Waals surface area contributed by atoms with Crippen LogP contribution in [0.2, 0.25) is 0 Å². The van der Waals surface area contributed by atoms with Crippen LogP contribution >= 0.6 is 0 Å². The first-order valence-corrected chi connectivity index (χ1v) is 8.05. The number of aryl methyl sites for hydroxylation is 2. The van der Waals surface area contributed by atoms with Crippen LogP contribution < -0.4 is 0 Å². The van der Waals surface area contributed by atoms with Gasteiger partial charge in [0.2, 0.25) is 0 Å². The Morgan fingerprint density at radius 3 is 1.06 bits per heavy atom. The summed E-state index contributed by atoms with van der Waals surface area (Å²) in [5, 5.41) is 0. The second-order valence-corrected chi connectivity index (χ2v) is 6.06. The van der Waals surface area contributed by atoms with Gasteiger partial charge in [0.15, 0.2) is 0 Å². The molecule has 0 aliphatic carbocycles. The third-order valence-corrected chi connectivity index (χ3v) is 4.42. The summed E-state index contributed by atoms with van der Waals surface area (Å²) in [6, 6.07) is 23.5. The van der Waals surface area contributed by atoms with E-state index in [2.05, 4.69) is 100 Å². The Bertz CT molecular complexity index is 771. The van der Waals surface area contributed by atoms with Gasteiger partial charge >= 0.3 is 0 Å². The minimum absolute atomic E-state index is 0. The van der Waals surface area contributed by atoms with E-state index in [1.807, 2.05) is 0 Å². The summed E-state index contributed by atoms with van der Waals surface area (Å²) >= 11 is 0. The fourth-order valence-electron chi connectivity index (χ4n) is 2.82. The summed E-state index contributed by atoms with van der Waals surface area (Å²) in [6.07, 6.45) is 4.56. The smallest absolute Gasteiger partial charge is 0 e. The molecule has 0 fully saturated rings. The maximum Gasteiger partial charge on any atom is 0 e. The molecule has 0 aliphatic rings. The van der Waals surface area contributed by atoms with E-state index in [1.165, 1.54) is 38.9 Å². The molecule has 0 bridgehead atoms. The molecule has 0 atom stereocenters. The van der Waals surface area contributed by atoms with Gasteiger partial charge in [-0.15, -0.1) is 82.1 Å². The van der Waals surface area contributed by atoms with Crippen molar-refractivity contribution in [3.63, 3.8) is 0 Å². The first kappa shape index (κ1) is 46.4. The van der Waals surface area contributed by atoms with E-state index < -0.39 is 0 Å². The van der Waals surface area contributed by atoms with Gasteiger partial charge in [-0.1, -0.05) is 57.2 Å². The molecule has 31 heavy (non-hydrogen) atoms. The van der Waals surface area contributed by atoms with Crippen molar-refractivity contribution >= 4 is 0 Å². The molecule has 0 aromatic heterocycles. The van der Waals surface area contributed by atoms with Crippen LogP contribution in [0.3, 0.4) is 0 Å². The van der Waals surface area contributed by atoms with Gasteiger partial charge in [-0.05, 0) is 0 Å². The fourth-order valence-corrected chi connectivity index (χ4v) is 2.82. The van der Waals surface area contributed by atoms with E-state index in [0.717, 1.165) is 0 Å². The van der Waals surface area contributed by atoms with Gasteiger partial charge in [0, 0.05) is 140 Å². The zero-order valence-electron chi connectivity index (χ0n) is 19.6. The molecular formula is C26H31W2Y3-5. The van der Waals surface area contributed by atoms with E-state index in [0.29, 0.717) is 0 Å². The van der Waals surface area contributed by atoms with E-state index in [9.17, 15) is 0 Å². The van der Waals surface area contributed by atoms with Crippen LogP contribution in [0.15, 0.2) is 66.7 Å². The van der Waals surface area contributed by atoms with Crippen LogP contribution in [0, 0.1) is 55.9 Å². The predicted octanol–water partition coefficient (Wildman–Crippen LogP) is 7.15. The SMILES string of the molecule is Cc1ccccc1[CH-]c1cccc([CH-]c2ccccc2C)c1C.[CH3-].[CH3-].[CH3-].[W].[W].[Y].[Y].[Y]. The molecule has 3 radical (unpaired) electrons. The Kier molecular flexibility index (Phi) is 35.7. The Morgan fingerprint density at radius 1 is 0.452 bits per heavy atom. The molecule has 3 aromatic carbocycles. The molecule has 161 valence electrons. The van der Waals surface area contributed by atoms with Gasteiger partial charge in [-0.2, -0.15) is 0 Å². The molecule has 5 heteroatoms. The minimum Gasteiger partial charge on any atom is -0.358 e. The maximum absolute atomic E-state index is 2.28. The molecule has 0 aliphatic heterocycles. The van der Waals surface area contributed by atoms with Gasteiger partial charge in [-0.25, -0.2) is 0 Å². The molecule has 0 unspecified atom stereocenters. The van der Waals surface area contributed by atoms with Crippen molar-refractivity contribution in [1.82, 2.24) is 0 Å². The number of hydrogen-bond donors (Lipinski definition) is 0. The topological polar surface area (TPSA) is 0 Å². The summed E-state index contributed by atoms with van der Waals surface area (Å²) in [5.41, 5.74) is 9.05. The van der Waals surface area contributed by atoms with Crippen molar-refractivity contribution in [2.75, 3.05) is 0 Å². The fraction of sp³-hybridized carbons (Fsp3) is 0.115. The van der Waals surface area contributed by atoms with Gasteiger partial charge in [0.25, 0.3) is 0 Å². The van der Waals surface area contributed by atoms with E-state index in [4.69, 9.17) is 0 Å². The maximum atomic E-state index is 2.28. The molecule has 0 amide bonds. The normalized spacial score (nSPS) is 7.71. The molecule has 0 nitrogen and oxygen atoms in total. The van der Waals surface area contributed by atoms with Crippen LogP contribution in [0.5, 0.6) is 0 Å². The Balaban J connectivity index is -0.000000195. The molecule has 0 N–H and O–H groups in total. The van der Waals surface area contributed by atoms with Crippen LogP contribution in [0.4, 0.5) is 0 Å². The quantitative estimate of drug-likeness (QED) is 0.244. The van der Waals surface area contributed by atoms with Crippen LogP contribution in [0.1, 0.15) is 38.9 Å². The summed E-state index contributed by atoms with van der Waals surface area (Å²) in [4.78, 5) is 0. The van der Waals surface area contributed by atoms with Gasteiger partial charge < -0.3 is 22.3 Å². The average Bonchev–Trinajstić information content (AvgIpc) is 2.55. The van der Waals surface area contributed by atoms with Crippen molar-refractivity contribution < 1.29 is 140 Å². The third kappa shape index (κ3) is 13.7. The van der Waals surface area contributed by atoms with Gasteiger partial charge in [0.1, 0.15) is 0 Å². The van der Waals surface area contributed by atoms with Crippen molar-refractivity contribution in [1.29, 1.82) is 0 Å². The van der Waals surface area contributed by atoms with E-state index in [1.54, 1.807) is 0 Å². The Hall–Kier alpha value is 2.09. The van der Waals surface area contributed by atoms with Crippen LogP contribution in [-0.2, 0) is 140 Å². The zero-order valence-corrected chi connectivity index (χ0v) is 33.9. The molecule has 0 heterocycles. The Morgan fingerprint density at radius 2 is 0.742 bits per heavy atom. The molecular weight excluding hydrogens is 947 g/mol. The Labute approximate surface area is 296 Å². The number of rotatable bonds is 4. The largest absolute Gasteiger partial charge is 0.358 e. The van der Waals surface area contributed by atoms with Crippen molar-refractivity contribution in [2.24, 2.45) is 0 Å². The first-order chi connectivity index (χ1) is 11.1. The summed E-state index contributed by atoms with van der Waals surface area (Å²) in [5.74, 6) is 0. The molecule has 0 saturated carbocycles. The monoisotopic (exact) mass is 978 g/mol. The van der Waals surface area contributed by atoms with Crippen LogP contribution in [-0.4, -0.2) is 0 Å². The first-order valence-electron chi connectivity index (χ1n) is 8.05. The van der Waals surface area contributed by atoms with Gasteiger partial charge in [-0.3, -0.25) is 0 Å². The summed E-state index contributed by atoms with van der Waals surface area (Å²) in [7, 11) is 0. The van der Waals surface area contributed by atoms with Gasteiger partial charge in [0.05, 0.1) is 0 Å². The second-order valence-electron chi connectivity index (χ2n) is 6.06. The molecule has 3 aromatic rings. The average molecular weight is 978 g/mol. The predicted molar refractivity (Wildman–Crippen MR) is 118 cm³/mol. The van der Waals surface area contributed by atoms with E-state index >= 15 is 0 Å². The number of hydrogen-bond acceptors (Lipinski definition) is 0. The molecule has 0 spiro atoms. The van der Waals surface area contributed by atoms with Crippen molar-refractivity contribution in [3.8, 4) is 0 Å². The third-order valence-electron chi connectivity index (χ3n) is 4.42. The van der Waals surface area contributed by atoms with E-state index in [-0.39, 0.29) is 163 Å². The summed E-state index contributed by atoms with van der Waals surface area (Å²) in [6.45, 7) is 6.52. The number of benzene rings is 3. The molecule has 0 saturated heterocycles. The van der Waals surface area contributed by atoms with Crippen LogP contribution in [0.25, 0.3) is 0 Å². The molecule has 3 rings (SSSR count). The van der Waals surface area contributed by atoms with Crippen molar-refractivity contribution in [3.05, 3.63) is 141 Å².